The molecule has 1 atom stereocenters. The molecule has 1 aliphatic heterocycles. The molecule has 1 aromatic rings. The van der Waals surface area contributed by atoms with Gasteiger partial charge in [-0.3, -0.25) is 4.57 Å². The van der Waals surface area contributed by atoms with Gasteiger partial charge in [-0.05, 0) is 15.9 Å². The lowest BCUT2D eigenvalue weighted by Crippen LogP contribution is -2.40. The van der Waals surface area contributed by atoms with E-state index in [4.69, 9.17) is 4.74 Å². The first kappa shape index (κ1) is 9.00. The first-order valence-electron chi connectivity index (χ1n) is 4.20. The molecule has 0 saturated carbocycles. The van der Waals surface area contributed by atoms with Gasteiger partial charge in [0, 0.05) is 19.3 Å². The predicted octanol–water partition coefficient (Wildman–Crippen LogP) is 0.234. The third-order valence-electron chi connectivity index (χ3n) is 1.95. The monoisotopic (exact) mass is 243 g/mol. The number of nitrogens with one attached hydrogen (secondary N) is 1. The standard InChI is InChI=1S/C8H10BrN3O/c9-8-11-1-3-12(8)6-7-5-10-2-4-13-7/h7,10H,2,4-6H2. The summed E-state index contributed by atoms with van der Waals surface area (Å²) in [6.07, 6.45) is 5.74. The van der Waals surface area contributed by atoms with Crippen molar-refractivity contribution in [2.45, 2.75) is 12.6 Å². The molecule has 2 rings (SSSR count). The lowest BCUT2D eigenvalue weighted by Gasteiger charge is -2.23. The molecule has 0 amide bonds. The van der Waals surface area contributed by atoms with Gasteiger partial charge in [0.25, 0.3) is 0 Å². The zero-order valence-corrected chi connectivity index (χ0v) is 8.67. The largest absolute Gasteiger partial charge is 0.374 e. The number of hydrogen-bond acceptors (Lipinski definition) is 3. The van der Waals surface area contributed by atoms with Crippen molar-refractivity contribution in [1.29, 1.82) is 0 Å². The molecule has 1 aliphatic rings. The molecule has 1 unspecified atom stereocenters. The van der Waals surface area contributed by atoms with E-state index in [0.29, 0.717) is 0 Å². The number of nitrogens with zero attached hydrogens (tertiary/aromatic N) is 2. The molecule has 5 heteroatoms. The molecule has 2 heterocycles. The van der Waals surface area contributed by atoms with Crippen LogP contribution < -0.4 is 5.32 Å². The van der Waals surface area contributed by atoms with Crippen molar-refractivity contribution < 1.29 is 4.74 Å². The SMILES string of the molecule is Brc1nc#cn1CC1CNCCO1. The van der Waals surface area contributed by atoms with Gasteiger partial charge in [-0.2, -0.15) is 4.98 Å². The summed E-state index contributed by atoms with van der Waals surface area (Å²) in [6.45, 7) is 3.38. The van der Waals surface area contributed by atoms with Gasteiger partial charge in [-0.25, -0.2) is 0 Å². The highest BCUT2D eigenvalue weighted by atomic mass is 79.9. The summed E-state index contributed by atoms with van der Waals surface area (Å²) >= 11 is 3.31. The Morgan fingerprint density at radius 3 is 3.31 bits per heavy atom. The van der Waals surface area contributed by atoms with E-state index in [-0.39, 0.29) is 6.10 Å². The maximum Gasteiger partial charge on any atom is 0.194 e. The predicted molar refractivity (Wildman–Crippen MR) is 50.2 cm³/mol. The van der Waals surface area contributed by atoms with Crippen molar-refractivity contribution in [3.05, 3.63) is 17.1 Å². The van der Waals surface area contributed by atoms with E-state index in [1.165, 1.54) is 0 Å². The molecule has 0 radical (unpaired) electrons. The van der Waals surface area contributed by atoms with E-state index in [1.54, 1.807) is 0 Å². The van der Waals surface area contributed by atoms with Crippen LogP contribution >= 0.6 is 15.9 Å². The fourth-order valence-corrected chi connectivity index (χ4v) is 1.62. The molecule has 1 fully saturated rings. The number of aromatic nitrogens is 2. The Hall–Kier alpha value is -0.570. The summed E-state index contributed by atoms with van der Waals surface area (Å²) < 4.78 is 8.15. The van der Waals surface area contributed by atoms with Crippen LogP contribution in [-0.2, 0) is 11.3 Å². The Bertz CT molecular complexity index is 270. The first-order chi connectivity index (χ1) is 6.36. The van der Waals surface area contributed by atoms with Crippen LogP contribution in [0.4, 0.5) is 0 Å². The summed E-state index contributed by atoms with van der Waals surface area (Å²) in [4.78, 5) is 3.91. The second-order valence-corrected chi connectivity index (χ2v) is 3.62. The summed E-state index contributed by atoms with van der Waals surface area (Å²) in [6, 6.07) is 0. The highest BCUT2D eigenvalue weighted by molar-refractivity contribution is 9.10. The normalized spacial score (nSPS) is 22.7. The smallest absolute Gasteiger partial charge is 0.194 e. The number of ether oxygens (including phenoxy) is 1. The van der Waals surface area contributed by atoms with E-state index in [1.807, 2.05) is 4.57 Å². The Labute approximate surface area is 85.4 Å². The molecular formula is C8H10BrN3O. The molecule has 1 saturated heterocycles. The van der Waals surface area contributed by atoms with E-state index < -0.39 is 0 Å². The Balaban J connectivity index is 1.93. The Kier molecular flexibility index (Phi) is 2.83. The van der Waals surface area contributed by atoms with Crippen LogP contribution in [0.15, 0.2) is 4.73 Å². The van der Waals surface area contributed by atoms with Crippen LogP contribution in [0.5, 0.6) is 0 Å². The van der Waals surface area contributed by atoms with Crippen LogP contribution in [0.25, 0.3) is 0 Å². The van der Waals surface area contributed by atoms with Gasteiger partial charge in [-0.15, -0.1) is 0 Å². The summed E-state index contributed by atoms with van der Waals surface area (Å²) in [5, 5.41) is 3.27. The van der Waals surface area contributed by atoms with Gasteiger partial charge in [0.1, 0.15) is 0 Å². The van der Waals surface area contributed by atoms with Crippen LogP contribution in [0, 0.1) is 12.4 Å². The van der Waals surface area contributed by atoms with Gasteiger partial charge in [0.05, 0.1) is 25.5 Å². The summed E-state index contributed by atoms with van der Waals surface area (Å²) in [5.41, 5.74) is 0. The second kappa shape index (κ2) is 4.09. The lowest BCUT2D eigenvalue weighted by molar-refractivity contribution is 0.0178. The van der Waals surface area contributed by atoms with Gasteiger partial charge in [0.2, 0.25) is 0 Å². The quantitative estimate of drug-likeness (QED) is 0.809. The highest BCUT2D eigenvalue weighted by Crippen LogP contribution is 2.06. The number of morpholine rings is 1. The zero-order chi connectivity index (χ0) is 9.10. The second-order valence-electron chi connectivity index (χ2n) is 2.91. The first-order valence-corrected chi connectivity index (χ1v) is 4.99. The molecule has 1 aromatic heterocycles. The molecular weight excluding hydrogens is 234 g/mol. The van der Waals surface area contributed by atoms with Gasteiger partial charge in [0.15, 0.2) is 4.73 Å². The average Bonchev–Trinajstić information content (AvgIpc) is 2.54. The molecule has 0 spiro atoms. The van der Waals surface area contributed by atoms with Crippen molar-refractivity contribution in [3.63, 3.8) is 0 Å². The molecule has 0 aliphatic carbocycles. The van der Waals surface area contributed by atoms with Crippen LogP contribution in [0.1, 0.15) is 0 Å². The minimum atomic E-state index is 0.212. The molecule has 70 valence electrons. The summed E-state index contributed by atoms with van der Waals surface area (Å²) in [7, 11) is 0. The van der Waals surface area contributed by atoms with Gasteiger partial charge in [-0.1, -0.05) is 0 Å². The van der Waals surface area contributed by atoms with E-state index in [9.17, 15) is 0 Å². The fourth-order valence-electron chi connectivity index (χ4n) is 1.30. The topological polar surface area (TPSA) is 39.1 Å². The van der Waals surface area contributed by atoms with Gasteiger partial charge < -0.3 is 10.1 Å². The Morgan fingerprint density at radius 2 is 2.69 bits per heavy atom. The minimum absolute atomic E-state index is 0.212. The van der Waals surface area contributed by atoms with E-state index >= 15 is 0 Å². The summed E-state index contributed by atoms with van der Waals surface area (Å²) in [5.74, 6) is 0. The van der Waals surface area contributed by atoms with Crippen LogP contribution in [0.3, 0.4) is 0 Å². The number of rotatable bonds is 2. The lowest BCUT2D eigenvalue weighted by atomic mass is 10.3. The van der Waals surface area contributed by atoms with Crippen molar-refractivity contribution in [2.24, 2.45) is 0 Å². The average molecular weight is 244 g/mol. The van der Waals surface area contributed by atoms with Gasteiger partial charge >= 0.3 is 0 Å². The third kappa shape index (κ3) is 2.21. The molecule has 1 N–H and O–H groups in total. The Morgan fingerprint density at radius 1 is 1.77 bits per heavy atom. The number of hydrogen-bond donors (Lipinski definition) is 1. The third-order valence-corrected chi connectivity index (χ3v) is 2.55. The molecule has 4 nitrogen and oxygen atoms in total. The maximum absolute atomic E-state index is 5.54. The molecule has 0 bridgehead atoms. The van der Waals surface area contributed by atoms with Crippen molar-refractivity contribution in [1.82, 2.24) is 14.9 Å². The van der Waals surface area contributed by atoms with Crippen molar-refractivity contribution >= 4 is 15.9 Å². The highest BCUT2D eigenvalue weighted by Gasteiger charge is 2.14. The zero-order valence-electron chi connectivity index (χ0n) is 7.09. The maximum atomic E-state index is 5.54. The van der Waals surface area contributed by atoms with Crippen molar-refractivity contribution in [3.8, 4) is 0 Å². The minimum Gasteiger partial charge on any atom is -0.374 e. The van der Waals surface area contributed by atoms with Crippen LogP contribution in [0.2, 0.25) is 0 Å². The van der Waals surface area contributed by atoms with Crippen molar-refractivity contribution in [2.75, 3.05) is 19.7 Å². The van der Waals surface area contributed by atoms with E-state index in [0.717, 1.165) is 31.0 Å². The van der Waals surface area contributed by atoms with Crippen LogP contribution in [-0.4, -0.2) is 35.4 Å². The van der Waals surface area contributed by atoms with E-state index in [2.05, 4.69) is 38.6 Å². The molecule has 0 aromatic carbocycles. The fraction of sp³-hybridized carbons (Fsp3) is 0.625. The molecule has 13 heavy (non-hydrogen) atoms. The number of halogens is 1.